The average molecular weight is 394 g/mol. The van der Waals surface area contributed by atoms with Gasteiger partial charge in [0.15, 0.2) is 5.13 Å². The molecule has 0 saturated heterocycles. The van der Waals surface area contributed by atoms with E-state index in [9.17, 15) is 4.79 Å². The molecule has 1 amide bonds. The quantitative estimate of drug-likeness (QED) is 0.482. The van der Waals surface area contributed by atoms with Crippen molar-refractivity contribution < 1.29 is 4.79 Å². The van der Waals surface area contributed by atoms with Crippen molar-refractivity contribution in [3.05, 3.63) is 70.4 Å². The second-order valence-corrected chi connectivity index (χ2v) is 8.19. The van der Waals surface area contributed by atoms with Gasteiger partial charge in [0.2, 0.25) is 0 Å². The van der Waals surface area contributed by atoms with Crippen LogP contribution in [-0.2, 0) is 0 Å². The fraction of sp³-hybridized carbons (Fsp3) is 0. The molecule has 4 aromatic rings. The van der Waals surface area contributed by atoms with Gasteiger partial charge in [-0.25, -0.2) is 4.98 Å². The molecule has 3 aromatic heterocycles. The lowest BCUT2D eigenvalue weighted by Crippen LogP contribution is -2.11. The number of hydrogen-bond acceptors (Lipinski definition) is 6. The minimum absolute atomic E-state index is 0.237. The highest BCUT2D eigenvalue weighted by Crippen LogP contribution is 2.42. The number of thiazole rings is 1. The van der Waals surface area contributed by atoms with Crippen LogP contribution in [-0.4, -0.2) is 10.9 Å². The number of carbonyl (C=O) groups excluding carboxylic acids is 1. The van der Waals surface area contributed by atoms with Crippen LogP contribution in [0.25, 0.3) is 20.3 Å². The molecule has 0 spiro atoms. The Bertz CT molecular complexity index is 1020. The topological polar surface area (TPSA) is 65.8 Å². The van der Waals surface area contributed by atoms with Crippen molar-refractivity contribution in [2.75, 3.05) is 5.32 Å². The molecule has 7 heteroatoms. The molecule has 26 heavy (non-hydrogen) atoms. The molecule has 1 N–H and O–H groups in total. The molecule has 0 aliphatic rings. The molecule has 0 fully saturated rings. The molecule has 0 radical (unpaired) electrons. The van der Waals surface area contributed by atoms with Gasteiger partial charge in [-0.3, -0.25) is 10.1 Å². The average Bonchev–Trinajstić information content (AvgIpc) is 3.41. The van der Waals surface area contributed by atoms with Gasteiger partial charge in [0.1, 0.15) is 5.69 Å². The van der Waals surface area contributed by atoms with Crippen LogP contribution in [0.3, 0.4) is 0 Å². The first kappa shape index (κ1) is 16.7. The fourth-order valence-electron chi connectivity index (χ4n) is 2.39. The van der Waals surface area contributed by atoms with Crippen LogP contribution < -0.4 is 5.32 Å². The molecule has 0 bridgehead atoms. The molecule has 0 saturated carbocycles. The molecular weight excluding hydrogens is 382 g/mol. The summed E-state index contributed by atoms with van der Waals surface area (Å²) < 4.78 is 0. The molecule has 3 heterocycles. The molecule has 126 valence electrons. The Hall–Kier alpha value is -2.79. The van der Waals surface area contributed by atoms with Crippen LogP contribution >= 0.6 is 34.0 Å². The lowest BCUT2D eigenvalue weighted by molar-refractivity contribution is 0.102. The Morgan fingerprint density at radius 2 is 1.69 bits per heavy atom. The summed E-state index contributed by atoms with van der Waals surface area (Å²) >= 11 is 4.75. The number of carbonyl (C=O) groups is 1. The molecule has 0 aliphatic heterocycles. The summed E-state index contributed by atoms with van der Waals surface area (Å²) in [5, 5.41) is 16.3. The van der Waals surface area contributed by atoms with Crippen LogP contribution in [0, 0.1) is 11.3 Å². The van der Waals surface area contributed by atoms with E-state index in [2.05, 4.69) is 16.4 Å². The highest BCUT2D eigenvalue weighted by Gasteiger charge is 2.18. The Labute approximate surface area is 162 Å². The van der Waals surface area contributed by atoms with E-state index in [1.165, 1.54) is 11.3 Å². The zero-order chi connectivity index (χ0) is 17.9. The zero-order valence-corrected chi connectivity index (χ0v) is 15.8. The summed E-state index contributed by atoms with van der Waals surface area (Å²) in [6.45, 7) is 0. The molecular formula is C19H11N3OS3. The minimum atomic E-state index is -0.237. The fourth-order valence-corrected chi connectivity index (χ4v) is 5.01. The van der Waals surface area contributed by atoms with Gasteiger partial charge < -0.3 is 0 Å². The first-order chi connectivity index (χ1) is 12.7. The van der Waals surface area contributed by atoms with Crippen molar-refractivity contribution in [2.45, 2.75) is 0 Å². The third kappa shape index (κ3) is 3.30. The van der Waals surface area contributed by atoms with Crippen LogP contribution in [0.15, 0.2) is 59.3 Å². The third-order valence-electron chi connectivity index (χ3n) is 3.62. The number of hydrogen-bond donors (Lipinski definition) is 1. The van der Waals surface area contributed by atoms with Gasteiger partial charge >= 0.3 is 0 Å². The number of thiophene rings is 2. The highest BCUT2D eigenvalue weighted by atomic mass is 32.1. The summed E-state index contributed by atoms with van der Waals surface area (Å²) in [6.07, 6.45) is 0. The summed E-state index contributed by atoms with van der Waals surface area (Å²) in [4.78, 5) is 20.4. The number of nitrogens with zero attached hydrogens (tertiary/aromatic N) is 2. The van der Waals surface area contributed by atoms with Gasteiger partial charge in [0.05, 0.1) is 21.4 Å². The van der Waals surface area contributed by atoms with Gasteiger partial charge in [-0.15, -0.1) is 22.7 Å². The molecule has 0 aliphatic carbocycles. The van der Waals surface area contributed by atoms with Gasteiger partial charge in [0, 0.05) is 10.4 Å². The van der Waals surface area contributed by atoms with E-state index in [0.717, 1.165) is 20.3 Å². The number of aromatic nitrogens is 1. The van der Waals surface area contributed by atoms with Gasteiger partial charge in [-0.1, -0.05) is 23.5 Å². The van der Waals surface area contributed by atoms with E-state index >= 15 is 0 Å². The summed E-state index contributed by atoms with van der Waals surface area (Å²) in [5.74, 6) is -0.237. The maximum Gasteiger partial charge on any atom is 0.257 e. The lowest BCUT2D eigenvalue weighted by Gasteiger charge is -2.01. The summed E-state index contributed by atoms with van der Waals surface area (Å²) in [6, 6.07) is 16.7. The smallest absolute Gasteiger partial charge is 0.257 e. The van der Waals surface area contributed by atoms with Crippen molar-refractivity contribution in [1.29, 1.82) is 5.26 Å². The van der Waals surface area contributed by atoms with Crippen molar-refractivity contribution in [1.82, 2.24) is 4.98 Å². The predicted octanol–water partition coefficient (Wildman–Crippen LogP) is 5.72. The largest absolute Gasteiger partial charge is 0.298 e. The maximum absolute atomic E-state index is 12.5. The SMILES string of the molecule is N#Cc1ccc(C(=O)Nc2nc(-c3cccs3)c(-c3cccs3)s2)cc1. The number of benzene rings is 1. The van der Waals surface area contributed by atoms with E-state index in [1.54, 1.807) is 46.9 Å². The minimum Gasteiger partial charge on any atom is -0.298 e. The van der Waals surface area contributed by atoms with Crippen molar-refractivity contribution in [2.24, 2.45) is 0 Å². The normalized spacial score (nSPS) is 10.4. The molecule has 1 aromatic carbocycles. The second kappa shape index (κ2) is 7.22. The maximum atomic E-state index is 12.5. The monoisotopic (exact) mass is 393 g/mol. The van der Waals surface area contributed by atoms with Crippen molar-refractivity contribution in [3.63, 3.8) is 0 Å². The molecule has 0 atom stereocenters. The Balaban J connectivity index is 1.66. The third-order valence-corrected chi connectivity index (χ3v) is 6.52. The highest BCUT2D eigenvalue weighted by molar-refractivity contribution is 7.24. The van der Waals surface area contributed by atoms with E-state index in [0.29, 0.717) is 16.3 Å². The summed E-state index contributed by atoms with van der Waals surface area (Å²) in [7, 11) is 0. The Morgan fingerprint density at radius 1 is 1.00 bits per heavy atom. The zero-order valence-electron chi connectivity index (χ0n) is 13.3. The molecule has 4 rings (SSSR count). The number of amides is 1. The van der Waals surface area contributed by atoms with Gasteiger partial charge in [0.25, 0.3) is 5.91 Å². The van der Waals surface area contributed by atoms with Crippen molar-refractivity contribution >= 4 is 45.0 Å². The first-order valence-electron chi connectivity index (χ1n) is 7.64. The first-order valence-corrected chi connectivity index (χ1v) is 10.2. The van der Waals surface area contributed by atoms with Gasteiger partial charge in [-0.2, -0.15) is 5.26 Å². The summed E-state index contributed by atoms with van der Waals surface area (Å²) in [5.41, 5.74) is 1.91. The number of nitriles is 1. The van der Waals surface area contributed by atoms with Crippen LogP contribution in [0.2, 0.25) is 0 Å². The molecule has 4 nitrogen and oxygen atoms in total. The van der Waals surface area contributed by atoms with E-state index < -0.39 is 0 Å². The van der Waals surface area contributed by atoms with Crippen LogP contribution in [0.1, 0.15) is 15.9 Å². The Morgan fingerprint density at radius 3 is 2.31 bits per heavy atom. The number of rotatable bonds is 4. The predicted molar refractivity (Wildman–Crippen MR) is 108 cm³/mol. The van der Waals surface area contributed by atoms with E-state index in [4.69, 9.17) is 5.26 Å². The Kier molecular flexibility index (Phi) is 4.63. The second-order valence-electron chi connectivity index (χ2n) is 5.29. The van der Waals surface area contributed by atoms with E-state index in [1.807, 2.05) is 35.0 Å². The van der Waals surface area contributed by atoms with Gasteiger partial charge in [-0.05, 0) is 47.2 Å². The molecule has 0 unspecified atom stereocenters. The number of nitrogens with one attached hydrogen (secondary N) is 1. The number of anilines is 1. The standard InChI is InChI=1S/C19H11N3OS3/c20-11-12-5-7-13(8-6-12)18(23)22-19-21-16(14-3-1-9-24-14)17(26-19)15-4-2-10-25-15/h1-10H,(H,21,22,23). The van der Waals surface area contributed by atoms with Crippen LogP contribution in [0.5, 0.6) is 0 Å². The van der Waals surface area contributed by atoms with Crippen LogP contribution in [0.4, 0.5) is 5.13 Å². The van der Waals surface area contributed by atoms with E-state index in [-0.39, 0.29) is 5.91 Å². The van der Waals surface area contributed by atoms with Crippen molar-refractivity contribution in [3.8, 4) is 26.4 Å². The lowest BCUT2D eigenvalue weighted by atomic mass is 10.1.